The molecular weight excluding hydrogens is 342 g/mol. The number of aromatic hydroxyl groups is 1. The number of nitrogens with zero attached hydrogens (tertiary/aromatic N) is 3. The summed E-state index contributed by atoms with van der Waals surface area (Å²) in [6.45, 7) is 9.94. The number of carbonyl (C=O) groups is 1. The van der Waals surface area contributed by atoms with Crippen molar-refractivity contribution in [2.45, 2.75) is 46.0 Å². The molecule has 3 aromatic rings. The average molecular weight is 367 g/mol. The van der Waals surface area contributed by atoms with Crippen molar-refractivity contribution in [3.63, 3.8) is 0 Å². The molecule has 1 unspecified atom stereocenters. The van der Waals surface area contributed by atoms with Gasteiger partial charge in [0.05, 0.1) is 12.5 Å². The highest BCUT2D eigenvalue weighted by Crippen LogP contribution is 2.38. The zero-order valence-corrected chi connectivity index (χ0v) is 16.4. The largest absolute Gasteiger partial charge is 0.505 e. The third-order valence-electron chi connectivity index (χ3n) is 4.56. The van der Waals surface area contributed by atoms with Crippen LogP contribution >= 0.6 is 0 Å². The van der Waals surface area contributed by atoms with Crippen LogP contribution in [-0.4, -0.2) is 32.7 Å². The molecule has 27 heavy (non-hydrogen) atoms. The highest BCUT2D eigenvalue weighted by molar-refractivity contribution is 5.79. The van der Waals surface area contributed by atoms with Crippen molar-refractivity contribution in [1.82, 2.24) is 15.0 Å². The van der Waals surface area contributed by atoms with Gasteiger partial charge in [0.25, 0.3) is 0 Å². The first-order valence-electron chi connectivity index (χ1n) is 9.09. The topological polar surface area (TPSA) is 77.2 Å². The van der Waals surface area contributed by atoms with Gasteiger partial charge in [0.15, 0.2) is 0 Å². The van der Waals surface area contributed by atoms with Gasteiger partial charge < -0.3 is 9.84 Å². The Labute approximate surface area is 158 Å². The van der Waals surface area contributed by atoms with E-state index in [1.807, 2.05) is 51.1 Å². The van der Waals surface area contributed by atoms with E-state index in [9.17, 15) is 9.90 Å². The fourth-order valence-corrected chi connectivity index (χ4v) is 2.99. The van der Waals surface area contributed by atoms with Gasteiger partial charge in [-0.25, -0.2) is 0 Å². The van der Waals surface area contributed by atoms with E-state index in [2.05, 4.69) is 10.2 Å². The molecule has 0 radical (unpaired) electrons. The Balaban J connectivity index is 2.20. The van der Waals surface area contributed by atoms with Gasteiger partial charge >= 0.3 is 5.97 Å². The Kier molecular flexibility index (Phi) is 4.91. The number of phenols is 1. The summed E-state index contributed by atoms with van der Waals surface area (Å²) in [5, 5.41) is 19.9. The molecule has 6 nitrogen and oxygen atoms in total. The zero-order chi connectivity index (χ0) is 19.8. The number of hydrogen-bond acceptors (Lipinski definition) is 5. The normalized spacial score (nSPS) is 12.9. The lowest BCUT2D eigenvalue weighted by Gasteiger charge is -2.24. The van der Waals surface area contributed by atoms with E-state index in [4.69, 9.17) is 4.74 Å². The molecule has 1 aromatic heterocycles. The van der Waals surface area contributed by atoms with Crippen molar-refractivity contribution in [3.8, 4) is 11.4 Å². The minimum absolute atomic E-state index is 0.114. The van der Waals surface area contributed by atoms with Gasteiger partial charge in [-0.15, -0.1) is 15.0 Å². The number of ether oxygens (including phenoxy) is 1. The van der Waals surface area contributed by atoms with E-state index in [0.29, 0.717) is 12.3 Å². The van der Waals surface area contributed by atoms with E-state index in [-0.39, 0.29) is 17.1 Å². The summed E-state index contributed by atoms with van der Waals surface area (Å²) in [4.78, 5) is 13.7. The van der Waals surface area contributed by atoms with Crippen molar-refractivity contribution in [2.24, 2.45) is 0 Å². The maximum Gasteiger partial charge on any atom is 0.313 e. The summed E-state index contributed by atoms with van der Waals surface area (Å²) >= 11 is 0. The molecule has 0 spiro atoms. The third kappa shape index (κ3) is 3.65. The molecule has 0 fully saturated rings. The van der Waals surface area contributed by atoms with Crippen LogP contribution in [-0.2, 0) is 14.9 Å². The number of esters is 1. The Morgan fingerprint density at radius 3 is 2.30 bits per heavy atom. The molecule has 0 aliphatic heterocycles. The van der Waals surface area contributed by atoms with Crippen LogP contribution in [0.5, 0.6) is 5.75 Å². The van der Waals surface area contributed by atoms with Crippen LogP contribution in [0.25, 0.3) is 16.7 Å². The molecule has 3 rings (SSSR count). The summed E-state index contributed by atoms with van der Waals surface area (Å²) in [6, 6.07) is 11.1. The van der Waals surface area contributed by atoms with Crippen molar-refractivity contribution >= 4 is 17.0 Å². The Hall–Kier alpha value is -2.89. The standard InChI is InChI=1S/C21H25N3O3/c1-6-27-20(26)13(2)14-11-15(21(3,4)5)19(25)18(12-14)24-22-16-9-7-8-10-17(16)23-24/h7-13,25H,6H2,1-5H3. The van der Waals surface area contributed by atoms with Crippen molar-refractivity contribution in [2.75, 3.05) is 6.61 Å². The molecule has 1 heterocycles. The van der Waals surface area contributed by atoms with E-state index in [0.717, 1.165) is 22.2 Å². The molecule has 0 saturated carbocycles. The van der Waals surface area contributed by atoms with Gasteiger partial charge in [-0.1, -0.05) is 39.0 Å². The number of phenolic OH excluding ortho intramolecular Hbond substituents is 1. The molecule has 0 bridgehead atoms. The summed E-state index contributed by atoms with van der Waals surface area (Å²) in [7, 11) is 0. The molecule has 0 aliphatic rings. The van der Waals surface area contributed by atoms with Gasteiger partial charge in [0, 0.05) is 5.56 Å². The molecule has 0 saturated heterocycles. The average Bonchev–Trinajstić information content (AvgIpc) is 3.04. The minimum Gasteiger partial charge on any atom is -0.505 e. The van der Waals surface area contributed by atoms with Crippen LogP contribution in [0.1, 0.15) is 51.7 Å². The Morgan fingerprint density at radius 1 is 1.19 bits per heavy atom. The highest BCUT2D eigenvalue weighted by atomic mass is 16.5. The first-order valence-corrected chi connectivity index (χ1v) is 9.09. The van der Waals surface area contributed by atoms with Crippen LogP contribution < -0.4 is 0 Å². The molecule has 0 amide bonds. The second-order valence-electron chi connectivity index (χ2n) is 7.64. The van der Waals surface area contributed by atoms with Gasteiger partial charge in [0.2, 0.25) is 0 Å². The first-order chi connectivity index (χ1) is 12.7. The second-order valence-corrected chi connectivity index (χ2v) is 7.64. The van der Waals surface area contributed by atoms with Gasteiger partial charge in [-0.2, -0.15) is 0 Å². The van der Waals surface area contributed by atoms with E-state index in [1.165, 1.54) is 4.80 Å². The molecule has 1 N–H and O–H groups in total. The lowest BCUT2D eigenvalue weighted by Crippen LogP contribution is -2.17. The van der Waals surface area contributed by atoms with E-state index >= 15 is 0 Å². The van der Waals surface area contributed by atoms with Crippen LogP contribution in [0, 0.1) is 0 Å². The number of benzene rings is 2. The predicted molar refractivity (Wildman–Crippen MR) is 104 cm³/mol. The van der Waals surface area contributed by atoms with Crippen LogP contribution in [0.15, 0.2) is 36.4 Å². The fraction of sp³-hybridized carbons (Fsp3) is 0.381. The van der Waals surface area contributed by atoms with Crippen LogP contribution in [0.3, 0.4) is 0 Å². The molecule has 1 atom stereocenters. The number of rotatable bonds is 4. The second kappa shape index (κ2) is 7.02. The molecular formula is C21H25N3O3. The molecule has 2 aromatic carbocycles. The van der Waals surface area contributed by atoms with Crippen molar-refractivity contribution in [3.05, 3.63) is 47.5 Å². The first kappa shape index (κ1) is 18.9. The summed E-state index contributed by atoms with van der Waals surface area (Å²) in [6.07, 6.45) is 0. The molecule has 142 valence electrons. The Bertz CT molecular complexity index is 953. The molecule has 6 heteroatoms. The maximum absolute atomic E-state index is 12.3. The van der Waals surface area contributed by atoms with Crippen molar-refractivity contribution < 1.29 is 14.6 Å². The smallest absolute Gasteiger partial charge is 0.313 e. The lowest BCUT2D eigenvalue weighted by molar-refractivity contribution is -0.144. The summed E-state index contributed by atoms with van der Waals surface area (Å²) in [5.74, 6) is -0.648. The van der Waals surface area contributed by atoms with Crippen LogP contribution in [0.2, 0.25) is 0 Å². The zero-order valence-electron chi connectivity index (χ0n) is 16.4. The monoisotopic (exact) mass is 367 g/mol. The van der Waals surface area contributed by atoms with Gasteiger partial charge in [-0.3, -0.25) is 4.79 Å². The number of hydrogen-bond donors (Lipinski definition) is 1. The van der Waals surface area contributed by atoms with E-state index < -0.39 is 5.92 Å². The maximum atomic E-state index is 12.3. The predicted octanol–water partition coefficient (Wildman–Crippen LogP) is 4.09. The molecule has 0 aliphatic carbocycles. The fourth-order valence-electron chi connectivity index (χ4n) is 2.99. The van der Waals surface area contributed by atoms with E-state index in [1.54, 1.807) is 19.9 Å². The quantitative estimate of drug-likeness (QED) is 0.703. The highest BCUT2D eigenvalue weighted by Gasteiger charge is 2.26. The van der Waals surface area contributed by atoms with Gasteiger partial charge in [0.1, 0.15) is 22.5 Å². The number of carbonyl (C=O) groups excluding carboxylic acids is 1. The number of aromatic nitrogens is 3. The minimum atomic E-state index is -0.463. The summed E-state index contributed by atoms with van der Waals surface area (Å²) < 4.78 is 5.17. The SMILES string of the molecule is CCOC(=O)C(C)c1cc(-n2nc3ccccc3n2)c(O)c(C(C)(C)C)c1. The number of fused-ring (bicyclic) bond motifs is 1. The Morgan fingerprint density at radius 2 is 1.78 bits per heavy atom. The van der Waals surface area contributed by atoms with Crippen LogP contribution in [0.4, 0.5) is 0 Å². The summed E-state index contributed by atoms with van der Waals surface area (Å²) in [5.41, 5.74) is 3.08. The van der Waals surface area contributed by atoms with Gasteiger partial charge in [-0.05, 0) is 43.0 Å². The lowest BCUT2D eigenvalue weighted by atomic mass is 9.83. The van der Waals surface area contributed by atoms with Crippen molar-refractivity contribution in [1.29, 1.82) is 0 Å². The third-order valence-corrected chi connectivity index (χ3v) is 4.56.